The largest absolute Gasteiger partial charge is 0.506 e. The lowest BCUT2D eigenvalue weighted by molar-refractivity contribution is 0.440. The predicted octanol–water partition coefficient (Wildman–Crippen LogP) is 3.27. The van der Waals surface area contributed by atoms with Crippen LogP contribution in [0.2, 0.25) is 0 Å². The lowest BCUT2D eigenvalue weighted by atomic mass is 10.0. The van der Waals surface area contributed by atoms with Crippen LogP contribution in [0.15, 0.2) is 23.7 Å². The topological polar surface area (TPSA) is 68.9 Å². The van der Waals surface area contributed by atoms with E-state index in [1.807, 2.05) is 24.6 Å². The Kier molecular flexibility index (Phi) is 4.72. The molecule has 2 N–H and O–H groups in total. The molecule has 4 nitrogen and oxygen atoms in total. The highest BCUT2D eigenvalue weighted by atomic mass is 32.1. The number of thiazole rings is 1. The molecule has 2 rings (SSSR count). The number of hydrogen-bond acceptors (Lipinski definition) is 5. The Hall–Kier alpha value is -1.90. The molecular formula is C15H17N3OS. The lowest BCUT2D eigenvalue weighted by Gasteiger charge is -2.18. The van der Waals surface area contributed by atoms with Crippen molar-refractivity contribution in [3.63, 3.8) is 0 Å². The number of hydrogen-bond donors (Lipinski definition) is 2. The van der Waals surface area contributed by atoms with Gasteiger partial charge in [0.1, 0.15) is 11.8 Å². The number of benzene rings is 1. The van der Waals surface area contributed by atoms with Crippen LogP contribution in [0, 0.1) is 18.3 Å². The third kappa shape index (κ3) is 2.98. The first-order valence-corrected chi connectivity index (χ1v) is 7.39. The third-order valence-corrected chi connectivity index (χ3v) is 4.26. The molecule has 0 bridgehead atoms. The van der Waals surface area contributed by atoms with E-state index in [1.54, 1.807) is 23.5 Å². The van der Waals surface area contributed by atoms with Gasteiger partial charge in [0, 0.05) is 23.0 Å². The Bertz CT molecular complexity index is 630. The van der Waals surface area contributed by atoms with Gasteiger partial charge in [-0.05, 0) is 19.4 Å². The Morgan fingerprint density at radius 2 is 2.30 bits per heavy atom. The Morgan fingerprint density at radius 3 is 2.90 bits per heavy atom. The van der Waals surface area contributed by atoms with Gasteiger partial charge in [-0.15, -0.1) is 11.3 Å². The Balaban J connectivity index is 2.17. The number of nitrogens with one attached hydrogen (secondary N) is 1. The molecule has 104 valence electrons. The zero-order valence-electron chi connectivity index (χ0n) is 11.6. The summed E-state index contributed by atoms with van der Waals surface area (Å²) in [5, 5.41) is 22.5. The number of phenolic OH excluding ortho intramolecular Hbond substituents is 1. The standard InChI is InChI=1S/C15H17N3OS/c1-3-13(17-8-14-10(2)18-9-20-14)12-6-4-5-11(7-16)15(12)19/h4-6,9,13,17,19H,3,8H2,1-2H3/t13-/m0/s1. The first-order valence-electron chi connectivity index (χ1n) is 6.51. The number of phenols is 1. The molecule has 5 heteroatoms. The number of aromatic nitrogens is 1. The van der Waals surface area contributed by atoms with Crippen LogP contribution in [0.4, 0.5) is 0 Å². The fourth-order valence-corrected chi connectivity index (χ4v) is 2.85. The molecule has 1 aromatic carbocycles. The fourth-order valence-electron chi connectivity index (χ4n) is 2.12. The van der Waals surface area contributed by atoms with E-state index in [-0.39, 0.29) is 11.8 Å². The summed E-state index contributed by atoms with van der Waals surface area (Å²) in [5.74, 6) is 0.0791. The quantitative estimate of drug-likeness (QED) is 0.885. The number of aromatic hydroxyl groups is 1. The molecule has 0 radical (unpaired) electrons. The monoisotopic (exact) mass is 287 g/mol. The normalized spacial score (nSPS) is 12.1. The van der Waals surface area contributed by atoms with E-state index in [4.69, 9.17) is 5.26 Å². The SMILES string of the molecule is CC[C@H](NCc1scnc1C)c1cccc(C#N)c1O. The highest BCUT2D eigenvalue weighted by Gasteiger charge is 2.16. The number of aryl methyl sites for hydroxylation is 1. The first kappa shape index (κ1) is 14.5. The molecule has 1 heterocycles. The third-order valence-electron chi connectivity index (χ3n) is 3.33. The second-order valence-corrected chi connectivity index (χ2v) is 5.50. The van der Waals surface area contributed by atoms with E-state index >= 15 is 0 Å². The van der Waals surface area contributed by atoms with Gasteiger partial charge in [0.2, 0.25) is 0 Å². The predicted molar refractivity (Wildman–Crippen MR) is 79.5 cm³/mol. The van der Waals surface area contributed by atoms with E-state index in [1.165, 1.54) is 4.88 Å². The molecule has 0 spiro atoms. The van der Waals surface area contributed by atoms with Crippen LogP contribution in [0.25, 0.3) is 0 Å². The molecule has 0 fully saturated rings. The number of rotatable bonds is 5. The maximum atomic E-state index is 10.1. The minimum absolute atomic E-state index is 0.0183. The Labute approximate surface area is 122 Å². The molecule has 20 heavy (non-hydrogen) atoms. The zero-order chi connectivity index (χ0) is 14.5. The van der Waals surface area contributed by atoms with Gasteiger partial charge in [0.25, 0.3) is 0 Å². The number of nitriles is 1. The summed E-state index contributed by atoms with van der Waals surface area (Å²) in [6.07, 6.45) is 0.834. The fraction of sp³-hybridized carbons (Fsp3) is 0.333. The van der Waals surface area contributed by atoms with Crippen molar-refractivity contribution in [2.24, 2.45) is 0 Å². The summed E-state index contributed by atoms with van der Waals surface area (Å²) in [4.78, 5) is 5.42. The minimum atomic E-state index is 0.0183. The van der Waals surface area contributed by atoms with E-state index in [2.05, 4.69) is 17.2 Å². The molecule has 1 atom stereocenters. The van der Waals surface area contributed by atoms with Crippen molar-refractivity contribution in [3.8, 4) is 11.8 Å². The van der Waals surface area contributed by atoms with Crippen LogP contribution in [0.1, 0.15) is 41.1 Å². The maximum absolute atomic E-state index is 10.1. The van der Waals surface area contributed by atoms with E-state index in [9.17, 15) is 5.11 Å². The maximum Gasteiger partial charge on any atom is 0.138 e. The summed E-state index contributed by atoms with van der Waals surface area (Å²) in [5.41, 5.74) is 3.96. The van der Waals surface area contributed by atoms with Crippen LogP contribution >= 0.6 is 11.3 Å². The summed E-state index contributed by atoms with van der Waals surface area (Å²) < 4.78 is 0. The molecule has 1 aromatic heterocycles. The molecule has 0 saturated heterocycles. The smallest absolute Gasteiger partial charge is 0.138 e. The molecule has 2 aromatic rings. The van der Waals surface area contributed by atoms with E-state index in [0.717, 1.165) is 17.7 Å². The van der Waals surface area contributed by atoms with Crippen LogP contribution in [-0.4, -0.2) is 10.1 Å². The van der Waals surface area contributed by atoms with Crippen molar-refractivity contribution < 1.29 is 5.11 Å². The summed E-state index contributed by atoms with van der Waals surface area (Å²) in [6.45, 7) is 4.75. The zero-order valence-corrected chi connectivity index (χ0v) is 12.4. The second-order valence-electron chi connectivity index (χ2n) is 4.56. The van der Waals surface area contributed by atoms with Gasteiger partial charge in [-0.2, -0.15) is 5.26 Å². The van der Waals surface area contributed by atoms with Gasteiger partial charge in [0.05, 0.1) is 16.8 Å². The second kappa shape index (κ2) is 6.51. The summed E-state index contributed by atoms with van der Waals surface area (Å²) >= 11 is 1.62. The van der Waals surface area contributed by atoms with Crippen molar-refractivity contribution >= 4 is 11.3 Å². The van der Waals surface area contributed by atoms with Crippen LogP contribution in [0.3, 0.4) is 0 Å². The van der Waals surface area contributed by atoms with Gasteiger partial charge in [-0.25, -0.2) is 4.98 Å². The van der Waals surface area contributed by atoms with Gasteiger partial charge in [0.15, 0.2) is 0 Å². The highest BCUT2D eigenvalue weighted by molar-refractivity contribution is 7.09. The van der Waals surface area contributed by atoms with Gasteiger partial charge >= 0.3 is 0 Å². The summed E-state index contributed by atoms with van der Waals surface area (Å²) in [7, 11) is 0. The molecule has 0 amide bonds. The van der Waals surface area contributed by atoms with Crippen LogP contribution in [0.5, 0.6) is 5.75 Å². The average molecular weight is 287 g/mol. The summed E-state index contributed by atoms with van der Waals surface area (Å²) in [6, 6.07) is 7.31. The van der Waals surface area contributed by atoms with Crippen molar-refractivity contribution in [2.45, 2.75) is 32.9 Å². The van der Waals surface area contributed by atoms with Crippen molar-refractivity contribution in [1.82, 2.24) is 10.3 Å². The van der Waals surface area contributed by atoms with E-state index < -0.39 is 0 Å². The number of para-hydroxylation sites is 1. The van der Waals surface area contributed by atoms with Crippen LogP contribution < -0.4 is 5.32 Å². The van der Waals surface area contributed by atoms with Gasteiger partial charge in [-0.3, -0.25) is 0 Å². The molecule has 0 saturated carbocycles. The minimum Gasteiger partial charge on any atom is -0.506 e. The Morgan fingerprint density at radius 1 is 1.50 bits per heavy atom. The van der Waals surface area contributed by atoms with Gasteiger partial charge < -0.3 is 10.4 Å². The van der Waals surface area contributed by atoms with Crippen LogP contribution in [-0.2, 0) is 6.54 Å². The molecule has 0 aliphatic heterocycles. The molecule has 0 aliphatic carbocycles. The lowest BCUT2D eigenvalue weighted by Crippen LogP contribution is -2.20. The van der Waals surface area contributed by atoms with Crippen molar-refractivity contribution in [1.29, 1.82) is 5.26 Å². The number of nitrogens with zero attached hydrogens (tertiary/aromatic N) is 2. The first-order chi connectivity index (χ1) is 9.67. The van der Waals surface area contributed by atoms with Gasteiger partial charge in [-0.1, -0.05) is 19.1 Å². The molecule has 0 aliphatic rings. The van der Waals surface area contributed by atoms with Crippen molar-refractivity contribution in [3.05, 3.63) is 45.4 Å². The van der Waals surface area contributed by atoms with E-state index in [0.29, 0.717) is 12.1 Å². The molecular weight excluding hydrogens is 270 g/mol. The average Bonchev–Trinajstić information content (AvgIpc) is 2.86. The molecule has 0 unspecified atom stereocenters. The highest BCUT2D eigenvalue weighted by Crippen LogP contribution is 2.29. The van der Waals surface area contributed by atoms with Crippen molar-refractivity contribution in [2.75, 3.05) is 0 Å².